The molecule has 5 rings (SSSR count). The Morgan fingerprint density at radius 1 is 1.29 bits per heavy atom. The van der Waals surface area contributed by atoms with E-state index in [9.17, 15) is 14.0 Å². The van der Waals surface area contributed by atoms with Gasteiger partial charge in [0.2, 0.25) is 5.91 Å². The van der Waals surface area contributed by atoms with Crippen LogP contribution >= 0.6 is 0 Å². The fourth-order valence-corrected chi connectivity index (χ4v) is 4.31. The van der Waals surface area contributed by atoms with Gasteiger partial charge in [-0.05, 0) is 43.0 Å². The van der Waals surface area contributed by atoms with E-state index in [1.807, 2.05) is 0 Å². The van der Waals surface area contributed by atoms with E-state index >= 15 is 0 Å². The van der Waals surface area contributed by atoms with Crippen molar-refractivity contribution >= 4 is 11.7 Å². The average molecular weight is 385 g/mol. The Balaban J connectivity index is 1.33. The van der Waals surface area contributed by atoms with Crippen LogP contribution in [0.5, 0.6) is 0 Å². The first kappa shape index (κ1) is 18.7. The monoisotopic (exact) mass is 385 g/mol. The Hall–Kier alpha value is -2.61. The molecule has 1 aromatic carbocycles. The summed E-state index contributed by atoms with van der Waals surface area (Å²) in [7, 11) is 0. The number of nitrogens with one attached hydrogen (secondary N) is 1. The number of benzene rings is 1. The quantitative estimate of drug-likeness (QED) is 0.765. The summed E-state index contributed by atoms with van der Waals surface area (Å²) in [6, 6.07) is 6.50. The van der Waals surface area contributed by atoms with Crippen molar-refractivity contribution in [2.24, 2.45) is 11.8 Å². The molecule has 3 fully saturated rings. The highest BCUT2D eigenvalue weighted by Crippen LogP contribution is 2.37. The van der Waals surface area contributed by atoms with Gasteiger partial charge in [0.1, 0.15) is 11.5 Å². The molecule has 4 heterocycles. The molecule has 0 radical (unpaired) electrons. The Labute approximate surface area is 162 Å². The second-order valence-corrected chi connectivity index (χ2v) is 7.77. The van der Waals surface area contributed by atoms with Crippen molar-refractivity contribution in [3.05, 3.63) is 47.5 Å². The fraction of sp³-hybridized carbons (Fsp3) is 0.500. The van der Waals surface area contributed by atoms with E-state index in [1.165, 1.54) is 19.1 Å². The number of piperidine rings is 3. The Morgan fingerprint density at radius 2 is 2.07 bits per heavy atom. The van der Waals surface area contributed by atoms with Crippen LogP contribution < -0.4 is 5.32 Å². The maximum atomic E-state index is 13.0. The zero-order valence-electron chi connectivity index (χ0n) is 15.8. The summed E-state index contributed by atoms with van der Waals surface area (Å²) in [5, 5.41) is 11.0. The maximum absolute atomic E-state index is 13.0. The van der Waals surface area contributed by atoms with Crippen molar-refractivity contribution in [2.75, 3.05) is 13.1 Å². The van der Waals surface area contributed by atoms with Gasteiger partial charge in [0, 0.05) is 26.1 Å². The third-order valence-corrected chi connectivity index (χ3v) is 5.89. The summed E-state index contributed by atoms with van der Waals surface area (Å²) in [4.78, 5) is 26.4. The number of ketones is 1. The topological polar surface area (TPSA) is 80.1 Å². The molecule has 1 amide bonds. The highest BCUT2D eigenvalue weighted by atomic mass is 19.1. The van der Waals surface area contributed by atoms with E-state index in [0.29, 0.717) is 30.7 Å². The van der Waals surface area contributed by atoms with E-state index in [1.54, 1.807) is 23.0 Å². The summed E-state index contributed by atoms with van der Waals surface area (Å²) < 4.78 is 14.7. The highest BCUT2D eigenvalue weighted by molar-refractivity contribution is 5.91. The van der Waals surface area contributed by atoms with Crippen LogP contribution in [0.2, 0.25) is 0 Å². The maximum Gasteiger partial charge on any atom is 0.224 e. The van der Waals surface area contributed by atoms with Crippen molar-refractivity contribution in [2.45, 2.75) is 38.9 Å². The van der Waals surface area contributed by atoms with Gasteiger partial charge in [-0.1, -0.05) is 17.3 Å². The number of fused-ring (bicyclic) bond motifs is 3. The van der Waals surface area contributed by atoms with Crippen LogP contribution in [-0.2, 0) is 17.9 Å². The number of carbonyl (C=O) groups is 2. The van der Waals surface area contributed by atoms with E-state index in [0.717, 1.165) is 31.5 Å². The van der Waals surface area contributed by atoms with Crippen LogP contribution in [0.3, 0.4) is 0 Å². The average Bonchev–Trinajstić information content (AvgIpc) is 3.17. The first-order valence-corrected chi connectivity index (χ1v) is 9.67. The lowest BCUT2D eigenvalue weighted by Crippen LogP contribution is -2.58. The van der Waals surface area contributed by atoms with E-state index in [-0.39, 0.29) is 23.4 Å². The molecule has 0 saturated carbocycles. The molecule has 4 atom stereocenters. The SMILES string of the molecule is CC(=O)c1cn(CC2CC3CCN2CC3C(=O)NCc2ccc(F)cc2)nn1. The predicted molar refractivity (Wildman–Crippen MR) is 99.8 cm³/mol. The number of rotatable bonds is 6. The predicted octanol–water partition coefficient (Wildman–Crippen LogP) is 1.65. The molecule has 148 valence electrons. The molecule has 0 aliphatic carbocycles. The first-order valence-electron chi connectivity index (χ1n) is 9.67. The molecule has 7 nitrogen and oxygen atoms in total. The number of hydrogen-bond donors (Lipinski definition) is 1. The normalized spacial score (nSPS) is 26.2. The Kier molecular flexibility index (Phi) is 5.21. The van der Waals surface area contributed by atoms with Gasteiger partial charge in [0.05, 0.1) is 18.7 Å². The van der Waals surface area contributed by atoms with Gasteiger partial charge in [-0.2, -0.15) is 0 Å². The number of nitrogens with zero attached hydrogens (tertiary/aromatic N) is 4. The lowest BCUT2D eigenvalue weighted by molar-refractivity contribution is -0.133. The lowest BCUT2D eigenvalue weighted by Gasteiger charge is -2.49. The van der Waals surface area contributed by atoms with Crippen LogP contribution in [0, 0.1) is 17.7 Å². The molecule has 2 bridgehead atoms. The van der Waals surface area contributed by atoms with Crippen molar-refractivity contribution in [1.29, 1.82) is 0 Å². The molecule has 1 N–H and O–H groups in total. The van der Waals surface area contributed by atoms with Gasteiger partial charge in [0.15, 0.2) is 5.78 Å². The molecular weight excluding hydrogens is 361 g/mol. The molecule has 2 aromatic rings. The van der Waals surface area contributed by atoms with Crippen molar-refractivity contribution in [3.63, 3.8) is 0 Å². The third kappa shape index (κ3) is 3.96. The van der Waals surface area contributed by atoms with Gasteiger partial charge in [-0.25, -0.2) is 4.39 Å². The zero-order valence-corrected chi connectivity index (χ0v) is 15.8. The molecule has 3 aliphatic heterocycles. The second-order valence-electron chi connectivity index (χ2n) is 7.77. The van der Waals surface area contributed by atoms with Crippen molar-refractivity contribution in [3.8, 4) is 0 Å². The second kappa shape index (κ2) is 7.79. The smallest absolute Gasteiger partial charge is 0.224 e. The van der Waals surface area contributed by atoms with Crippen LogP contribution in [0.4, 0.5) is 4.39 Å². The largest absolute Gasteiger partial charge is 0.352 e. The highest BCUT2D eigenvalue weighted by Gasteiger charge is 2.43. The minimum absolute atomic E-state index is 0.0195. The summed E-state index contributed by atoms with van der Waals surface area (Å²) >= 11 is 0. The van der Waals surface area contributed by atoms with Crippen molar-refractivity contribution in [1.82, 2.24) is 25.2 Å². The first-order chi connectivity index (χ1) is 13.5. The summed E-state index contributed by atoms with van der Waals surface area (Å²) in [6.45, 7) is 4.29. The van der Waals surface area contributed by atoms with Crippen LogP contribution in [0.15, 0.2) is 30.5 Å². The molecule has 3 saturated heterocycles. The number of amides is 1. The van der Waals surface area contributed by atoms with E-state index < -0.39 is 0 Å². The van der Waals surface area contributed by atoms with Crippen LogP contribution in [0.1, 0.15) is 35.8 Å². The fourth-order valence-electron chi connectivity index (χ4n) is 4.31. The number of aromatic nitrogens is 3. The van der Waals surface area contributed by atoms with Crippen molar-refractivity contribution < 1.29 is 14.0 Å². The minimum Gasteiger partial charge on any atom is -0.352 e. The van der Waals surface area contributed by atoms with Crippen LogP contribution in [-0.4, -0.2) is 50.7 Å². The molecule has 0 spiro atoms. The third-order valence-electron chi connectivity index (χ3n) is 5.89. The summed E-state index contributed by atoms with van der Waals surface area (Å²) in [5.74, 6) is 0.0287. The number of halogens is 1. The Bertz CT molecular complexity index is 866. The minimum atomic E-state index is -0.277. The van der Waals surface area contributed by atoms with E-state index in [2.05, 4.69) is 20.5 Å². The zero-order chi connectivity index (χ0) is 19.7. The van der Waals surface area contributed by atoms with Gasteiger partial charge in [-0.15, -0.1) is 5.10 Å². The molecular formula is C20H24FN5O2. The lowest BCUT2D eigenvalue weighted by atomic mass is 9.75. The molecule has 3 aliphatic rings. The molecule has 8 heteroatoms. The van der Waals surface area contributed by atoms with Gasteiger partial charge >= 0.3 is 0 Å². The Morgan fingerprint density at radius 3 is 2.71 bits per heavy atom. The number of hydrogen-bond acceptors (Lipinski definition) is 5. The molecule has 1 aromatic heterocycles. The number of Topliss-reactive ketones (excluding diaryl/α,β-unsaturated/α-hetero) is 1. The van der Waals surface area contributed by atoms with E-state index in [4.69, 9.17) is 0 Å². The standard InChI is InChI=1S/C20H24FN5O2/c1-13(27)19-12-26(24-23-19)10-17-8-15-6-7-25(17)11-18(15)20(28)22-9-14-2-4-16(21)5-3-14/h2-5,12,15,17-18H,6-11H2,1H3,(H,22,28). The van der Waals surface area contributed by atoms with Gasteiger partial charge < -0.3 is 5.32 Å². The molecule has 28 heavy (non-hydrogen) atoms. The molecule has 4 unspecified atom stereocenters. The van der Waals surface area contributed by atoms with Gasteiger partial charge in [-0.3, -0.25) is 19.2 Å². The summed E-state index contributed by atoms with van der Waals surface area (Å²) in [5.41, 5.74) is 1.27. The van der Waals surface area contributed by atoms with Gasteiger partial charge in [0.25, 0.3) is 0 Å². The number of carbonyl (C=O) groups excluding carboxylic acids is 2. The summed E-state index contributed by atoms with van der Waals surface area (Å²) in [6.07, 6.45) is 3.64. The van der Waals surface area contributed by atoms with Crippen LogP contribution in [0.25, 0.3) is 0 Å².